The van der Waals surface area contributed by atoms with Gasteiger partial charge in [0.15, 0.2) is 5.78 Å². The van der Waals surface area contributed by atoms with Gasteiger partial charge in [-0.25, -0.2) is 4.79 Å². The van der Waals surface area contributed by atoms with Gasteiger partial charge in [-0.05, 0) is 37.1 Å². The number of amides is 2. The van der Waals surface area contributed by atoms with Crippen LogP contribution in [0.5, 0.6) is 0 Å². The zero-order valence-corrected chi connectivity index (χ0v) is 15.3. The largest absolute Gasteiger partial charge is 0.328 e. The van der Waals surface area contributed by atoms with Crippen LogP contribution in [0.3, 0.4) is 0 Å². The fourth-order valence-corrected chi connectivity index (χ4v) is 2.34. The lowest BCUT2D eigenvalue weighted by atomic mass is 9.93. The van der Waals surface area contributed by atoms with Crippen LogP contribution in [0.1, 0.15) is 40.0 Å². The topological polar surface area (TPSA) is 75.3 Å². The standard InChI is InChI=1S/C17H23BrN2O3/c1-4-11(2)16(15(22)10-5-12(3)21)20-17(23)19-14-8-6-13(18)7-9-14/h6-9,11,16H,4-5,10H2,1-3H3,(H2,19,20,23)/t11-,16-/m1/s1. The molecule has 1 rings (SSSR count). The molecule has 2 amide bonds. The molecule has 0 fully saturated rings. The van der Waals surface area contributed by atoms with Crippen molar-refractivity contribution in [2.45, 2.75) is 46.1 Å². The van der Waals surface area contributed by atoms with Gasteiger partial charge in [0.2, 0.25) is 0 Å². The maximum Gasteiger partial charge on any atom is 0.319 e. The molecule has 0 saturated carbocycles. The van der Waals surface area contributed by atoms with E-state index in [0.717, 1.165) is 10.9 Å². The van der Waals surface area contributed by atoms with E-state index in [4.69, 9.17) is 0 Å². The Morgan fingerprint density at radius 2 is 1.74 bits per heavy atom. The lowest BCUT2D eigenvalue weighted by Crippen LogP contribution is -2.46. The van der Waals surface area contributed by atoms with Crippen LogP contribution in [-0.2, 0) is 9.59 Å². The summed E-state index contributed by atoms with van der Waals surface area (Å²) in [5.41, 5.74) is 0.643. The van der Waals surface area contributed by atoms with E-state index in [1.165, 1.54) is 6.92 Å². The number of hydrogen-bond acceptors (Lipinski definition) is 3. The van der Waals surface area contributed by atoms with Gasteiger partial charge < -0.3 is 15.4 Å². The molecule has 0 saturated heterocycles. The molecular formula is C17H23BrN2O3. The Hall–Kier alpha value is -1.69. The number of carbonyl (C=O) groups excluding carboxylic acids is 3. The highest BCUT2D eigenvalue weighted by molar-refractivity contribution is 9.10. The van der Waals surface area contributed by atoms with Gasteiger partial charge in [0.25, 0.3) is 0 Å². The van der Waals surface area contributed by atoms with Crippen molar-refractivity contribution in [2.75, 3.05) is 5.32 Å². The molecule has 0 unspecified atom stereocenters. The minimum atomic E-state index is -0.588. The van der Waals surface area contributed by atoms with Crippen molar-refractivity contribution in [3.63, 3.8) is 0 Å². The first-order chi connectivity index (χ1) is 10.8. The Morgan fingerprint density at radius 3 is 2.26 bits per heavy atom. The Kier molecular flexibility index (Phi) is 7.95. The lowest BCUT2D eigenvalue weighted by Gasteiger charge is -2.23. The number of halogens is 1. The maximum atomic E-state index is 12.3. The highest BCUT2D eigenvalue weighted by Crippen LogP contribution is 2.15. The first-order valence-electron chi connectivity index (χ1n) is 7.68. The first kappa shape index (κ1) is 19.4. The highest BCUT2D eigenvalue weighted by Gasteiger charge is 2.25. The van der Waals surface area contributed by atoms with E-state index in [1.54, 1.807) is 12.1 Å². The number of ketones is 2. The number of Topliss-reactive ketones (excluding diaryl/α,β-unsaturated/α-hetero) is 2. The summed E-state index contributed by atoms with van der Waals surface area (Å²) in [5, 5.41) is 5.44. The zero-order valence-electron chi connectivity index (χ0n) is 13.7. The van der Waals surface area contributed by atoms with Crippen molar-refractivity contribution in [2.24, 2.45) is 5.92 Å². The molecule has 23 heavy (non-hydrogen) atoms. The zero-order chi connectivity index (χ0) is 17.4. The molecule has 6 heteroatoms. The average molecular weight is 383 g/mol. The van der Waals surface area contributed by atoms with E-state index < -0.39 is 12.1 Å². The van der Waals surface area contributed by atoms with Crippen molar-refractivity contribution in [1.29, 1.82) is 0 Å². The van der Waals surface area contributed by atoms with Crippen molar-refractivity contribution >= 4 is 39.2 Å². The normalized spacial score (nSPS) is 13.0. The molecule has 0 aliphatic carbocycles. The molecule has 0 aliphatic rings. The van der Waals surface area contributed by atoms with Gasteiger partial charge in [-0.2, -0.15) is 0 Å². The number of urea groups is 1. The predicted octanol–water partition coefficient (Wildman–Crippen LogP) is 3.92. The van der Waals surface area contributed by atoms with Crippen LogP contribution < -0.4 is 10.6 Å². The van der Waals surface area contributed by atoms with Crippen molar-refractivity contribution in [3.8, 4) is 0 Å². The van der Waals surface area contributed by atoms with E-state index in [2.05, 4.69) is 26.6 Å². The lowest BCUT2D eigenvalue weighted by molar-refractivity contribution is -0.125. The van der Waals surface area contributed by atoms with Crippen LogP contribution >= 0.6 is 15.9 Å². The number of hydrogen-bond donors (Lipinski definition) is 2. The van der Waals surface area contributed by atoms with E-state index in [1.807, 2.05) is 26.0 Å². The second-order valence-corrected chi connectivity index (χ2v) is 6.55. The van der Waals surface area contributed by atoms with E-state index in [0.29, 0.717) is 5.69 Å². The summed E-state index contributed by atoms with van der Waals surface area (Å²) in [4.78, 5) is 35.4. The molecular weight excluding hydrogens is 360 g/mol. The van der Waals surface area contributed by atoms with Crippen LogP contribution in [0, 0.1) is 5.92 Å². The third-order valence-corrected chi connectivity index (χ3v) is 4.20. The Balaban J connectivity index is 2.68. The smallest absolute Gasteiger partial charge is 0.319 e. The number of anilines is 1. The molecule has 0 spiro atoms. The van der Waals surface area contributed by atoms with Crippen molar-refractivity contribution < 1.29 is 14.4 Å². The van der Waals surface area contributed by atoms with Gasteiger partial charge in [0, 0.05) is 23.0 Å². The Bertz CT molecular complexity index is 557. The molecule has 0 aromatic heterocycles. The minimum Gasteiger partial charge on any atom is -0.328 e. The number of nitrogens with one attached hydrogen (secondary N) is 2. The number of benzene rings is 1. The van der Waals surface area contributed by atoms with Crippen LogP contribution in [0.25, 0.3) is 0 Å². The molecule has 126 valence electrons. The van der Waals surface area contributed by atoms with Crippen molar-refractivity contribution in [1.82, 2.24) is 5.32 Å². The SMILES string of the molecule is CC[C@@H](C)[C@@H](NC(=O)Nc1ccc(Br)cc1)C(=O)CCC(C)=O. The second kappa shape index (κ2) is 9.45. The Labute approximate surface area is 145 Å². The highest BCUT2D eigenvalue weighted by atomic mass is 79.9. The molecule has 0 bridgehead atoms. The monoisotopic (exact) mass is 382 g/mol. The first-order valence-corrected chi connectivity index (χ1v) is 8.48. The van der Waals surface area contributed by atoms with Crippen molar-refractivity contribution in [3.05, 3.63) is 28.7 Å². The summed E-state index contributed by atoms with van der Waals surface area (Å²) in [6, 6.07) is 6.15. The molecule has 1 aromatic rings. The molecule has 2 atom stereocenters. The summed E-state index contributed by atoms with van der Waals surface area (Å²) in [7, 11) is 0. The number of rotatable bonds is 8. The third kappa shape index (κ3) is 6.95. The molecule has 2 N–H and O–H groups in total. The van der Waals surface area contributed by atoms with E-state index >= 15 is 0 Å². The summed E-state index contributed by atoms with van der Waals surface area (Å²) in [6.45, 7) is 5.33. The van der Waals surface area contributed by atoms with Crippen LogP contribution in [-0.4, -0.2) is 23.6 Å². The number of carbonyl (C=O) groups is 3. The Morgan fingerprint density at radius 1 is 1.13 bits per heavy atom. The summed E-state index contributed by atoms with van der Waals surface area (Å²) in [6.07, 6.45) is 1.12. The van der Waals surface area contributed by atoms with Crippen LogP contribution in [0.15, 0.2) is 28.7 Å². The van der Waals surface area contributed by atoms with Gasteiger partial charge in [0.1, 0.15) is 5.78 Å². The average Bonchev–Trinajstić information content (AvgIpc) is 2.51. The van der Waals surface area contributed by atoms with Gasteiger partial charge in [-0.15, -0.1) is 0 Å². The fourth-order valence-electron chi connectivity index (χ4n) is 2.07. The minimum absolute atomic E-state index is 0.00475. The third-order valence-electron chi connectivity index (χ3n) is 3.67. The maximum absolute atomic E-state index is 12.3. The summed E-state index contributed by atoms with van der Waals surface area (Å²) in [5.74, 6) is -0.133. The molecule has 0 radical (unpaired) electrons. The summed E-state index contributed by atoms with van der Waals surface area (Å²) >= 11 is 3.33. The predicted molar refractivity (Wildman–Crippen MR) is 94.5 cm³/mol. The van der Waals surface area contributed by atoms with Crippen LogP contribution in [0.4, 0.5) is 10.5 Å². The second-order valence-electron chi connectivity index (χ2n) is 5.64. The van der Waals surface area contributed by atoms with Crippen LogP contribution in [0.2, 0.25) is 0 Å². The molecule has 0 aliphatic heterocycles. The quantitative estimate of drug-likeness (QED) is 0.715. The fraction of sp³-hybridized carbons (Fsp3) is 0.471. The van der Waals surface area contributed by atoms with E-state index in [-0.39, 0.29) is 30.3 Å². The van der Waals surface area contributed by atoms with Gasteiger partial charge in [0.05, 0.1) is 6.04 Å². The van der Waals surface area contributed by atoms with E-state index in [9.17, 15) is 14.4 Å². The van der Waals surface area contributed by atoms with Gasteiger partial charge in [-0.1, -0.05) is 36.2 Å². The molecule has 5 nitrogen and oxygen atoms in total. The van der Waals surface area contributed by atoms with Gasteiger partial charge in [-0.3, -0.25) is 4.79 Å². The molecule has 0 heterocycles. The van der Waals surface area contributed by atoms with Gasteiger partial charge >= 0.3 is 6.03 Å². The summed E-state index contributed by atoms with van der Waals surface area (Å²) < 4.78 is 0.917. The molecule has 1 aromatic carbocycles.